The second-order valence-electron chi connectivity index (χ2n) is 4.86. The molecule has 1 unspecified atom stereocenters. The number of benzene rings is 1. The van der Waals surface area contributed by atoms with Gasteiger partial charge in [0.05, 0.1) is 12.3 Å². The number of carbonyl (C=O) groups excluding carboxylic acids is 1. The van der Waals surface area contributed by atoms with Gasteiger partial charge in [0.25, 0.3) is 0 Å². The van der Waals surface area contributed by atoms with Gasteiger partial charge in [0.15, 0.2) is 5.60 Å². The SMILES string of the molecule is CC1=NOC(C)(CNC(=O)Nc2ccc(F)cc2)C1. The lowest BCUT2D eigenvalue weighted by Gasteiger charge is -2.21. The maximum absolute atomic E-state index is 12.7. The summed E-state index contributed by atoms with van der Waals surface area (Å²) in [4.78, 5) is 16.9. The first kappa shape index (κ1) is 13.3. The smallest absolute Gasteiger partial charge is 0.319 e. The van der Waals surface area contributed by atoms with E-state index in [1.807, 2.05) is 13.8 Å². The van der Waals surface area contributed by atoms with Crippen molar-refractivity contribution in [3.05, 3.63) is 30.1 Å². The van der Waals surface area contributed by atoms with Crippen molar-refractivity contribution >= 4 is 17.4 Å². The van der Waals surface area contributed by atoms with Crippen LogP contribution in [-0.4, -0.2) is 23.9 Å². The summed E-state index contributed by atoms with van der Waals surface area (Å²) in [5.74, 6) is -0.342. The van der Waals surface area contributed by atoms with E-state index in [1.165, 1.54) is 24.3 Å². The van der Waals surface area contributed by atoms with Crippen LogP contribution in [0.15, 0.2) is 29.4 Å². The molecule has 2 N–H and O–H groups in total. The molecular formula is C13H16FN3O2. The van der Waals surface area contributed by atoms with Gasteiger partial charge in [-0.3, -0.25) is 0 Å². The number of hydrogen-bond donors (Lipinski definition) is 2. The topological polar surface area (TPSA) is 62.7 Å². The van der Waals surface area contributed by atoms with E-state index in [2.05, 4.69) is 15.8 Å². The molecule has 102 valence electrons. The first-order valence-electron chi connectivity index (χ1n) is 5.99. The third-order valence-electron chi connectivity index (χ3n) is 2.78. The largest absolute Gasteiger partial charge is 0.387 e. The third kappa shape index (κ3) is 3.67. The Morgan fingerprint density at radius 3 is 2.74 bits per heavy atom. The third-order valence-corrected chi connectivity index (χ3v) is 2.78. The molecule has 1 aromatic carbocycles. The lowest BCUT2D eigenvalue weighted by molar-refractivity contribution is -0.0000959. The van der Waals surface area contributed by atoms with Gasteiger partial charge in [-0.05, 0) is 38.1 Å². The Balaban J connectivity index is 1.80. The van der Waals surface area contributed by atoms with Crippen molar-refractivity contribution in [1.29, 1.82) is 0 Å². The molecule has 0 fully saturated rings. The molecule has 1 atom stereocenters. The Kier molecular flexibility index (Phi) is 3.69. The Morgan fingerprint density at radius 2 is 2.16 bits per heavy atom. The zero-order chi connectivity index (χ0) is 13.9. The molecule has 2 amide bonds. The van der Waals surface area contributed by atoms with Crippen molar-refractivity contribution in [2.45, 2.75) is 25.9 Å². The summed E-state index contributed by atoms with van der Waals surface area (Å²) in [6, 6.07) is 5.20. The lowest BCUT2D eigenvalue weighted by atomic mass is 10.0. The van der Waals surface area contributed by atoms with Crippen LogP contribution in [-0.2, 0) is 4.84 Å². The fourth-order valence-corrected chi connectivity index (χ4v) is 1.86. The quantitative estimate of drug-likeness (QED) is 0.882. The molecule has 1 heterocycles. The van der Waals surface area contributed by atoms with Gasteiger partial charge in [0.2, 0.25) is 0 Å². The molecule has 0 saturated heterocycles. The molecule has 5 nitrogen and oxygen atoms in total. The molecule has 6 heteroatoms. The lowest BCUT2D eigenvalue weighted by Crippen LogP contribution is -2.42. The molecule has 0 radical (unpaired) electrons. The first-order chi connectivity index (χ1) is 8.97. The van der Waals surface area contributed by atoms with Crippen molar-refractivity contribution in [3.63, 3.8) is 0 Å². The summed E-state index contributed by atoms with van der Waals surface area (Å²) in [6.07, 6.45) is 0.684. The van der Waals surface area contributed by atoms with Gasteiger partial charge >= 0.3 is 6.03 Å². The molecule has 1 aliphatic heterocycles. The van der Waals surface area contributed by atoms with Crippen LogP contribution in [0, 0.1) is 5.82 Å². The fourth-order valence-electron chi connectivity index (χ4n) is 1.86. The van der Waals surface area contributed by atoms with Gasteiger partial charge < -0.3 is 15.5 Å². The molecule has 0 spiro atoms. The highest BCUT2D eigenvalue weighted by Crippen LogP contribution is 2.22. The van der Waals surface area contributed by atoms with E-state index in [9.17, 15) is 9.18 Å². The van der Waals surface area contributed by atoms with Gasteiger partial charge in [-0.25, -0.2) is 9.18 Å². The highest BCUT2D eigenvalue weighted by molar-refractivity contribution is 5.89. The van der Waals surface area contributed by atoms with E-state index in [1.54, 1.807) is 0 Å². The average Bonchev–Trinajstić information content (AvgIpc) is 2.71. The Morgan fingerprint density at radius 1 is 1.47 bits per heavy atom. The second kappa shape index (κ2) is 5.26. The number of urea groups is 1. The van der Waals surface area contributed by atoms with E-state index >= 15 is 0 Å². The molecular weight excluding hydrogens is 249 g/mol. The minimum Gasteiger partial charge on any atom is -0.387 e. The van der Waals surface area contributed by atoms with Gasteiger partial charge in [-0.1, -0.05) is 5.16 Å². The Bertz CT molecular complexity index is 501. The number of halogens is 1. The zero-order valence-electron chi connectivity index (χ0n) is 10.9. The predicted molar refractivity (Wildman–Crippen MR) is 70.6 cm³/mol. The van der Waals surface area contributed by atoms with E-state index in [-0.39, 0.29) is 11.8 Å². The minimum atomic E-state index is -0.496. The van der Waals surface area contributed by atoms with Crippen LogP contribution in [0.25, 0.3) is 0 Å². The summed E-state index contributed by atoms with van der Waals surface area (Å²) >= 11 is 0. The molecule has 0 bridgehead atoms. The fraction of sp³-hybridized carbons (Fsp3) is 0.385. The van der Waals surface area contributed by atoms with Gasteiger partial charge in [-0.2, -0.15) is 0 Å². The van der Waals surface area contributed by atoms with Gasteiger partial charge in [-0.15, -0.1) is 0 Å². The van der Waals surface area contributed by atoms with Crippen molar-refractivity contribution < 1.29 is 14.0 Å². The van der Waals surface area contributed by atoms with Gasteiger partial charge in [0, 0.05) is 12.1 Å². The monoisotopic (exact) mass is 265 g/mol. The number of oxime groups is 1. The summed E-state index contributed by atoms with van der Waals surface area (Å²) in [5, 5.41) is 9.18. The molecule has 0 aliphatic carbocycles. The number of hydrogen-bond acceptors (Lipinski definition) is 3. The molecule has 0 aromatic heterocycles. The highest BCUT2D eigenvalue weighted by Gasteiger charge is 2.32. The summed E-state index contributed by atoms with van der Waals surface area (Å²) in [5.41, 5.74) is 0.941. The van der Waals surface area contributed by atoms with E-state index in [4.69, 9.17) is 4.84 Å². The maximum atomic E-state index is 12.7. The van der Waals surface area contributed by atoms with Crippen LogP contribution in [0.1, 0.15) is 20.3 Å². The molecule has 1 aromatic rings. The number of nitrogens with one attached hydrogen (secondary N) is 2. The predicted octanol–water partition coefficient (Wildman–Crippen LogP) is 2.50. The molecule has 1 aliphatic rings. The van der Waals surface area contributed by atoms with Crippen LogP contribution in [0.2, 0.25) is 0 Å². The van der Waals surface area contributed by atoms with Crippen LogP contribution in [0.3, 0.4) is 0 Å². The van der Waals surface area contributed by atoms with Gasteiger partial charge in [0.1, 0.15) is 5.82 Å². The maximum Gasteiger partial charge on any atom is 0.319 e. The molecule has 2 rings (SSSR count). The van der Waals surface area contributed by atoms with Crippen LogP contribution < -0.4 is 10.6 Å². The van der Waals surface area contributed by atoms with Crippen LogP contribution >= 0.6 is 0 Å². The Labute approximate surface area is 110 Å². The number of rotatable bonds is 3. The Hall–Kier alpha value is -2.11. The van der Waals surface area contributed by atoms with E-state index in [0.29, 0.717) is 18.7 Å². The van der Waals surface area contributed by atoms with Crippen LogP contribution in [0.4, 0.5) is 14.9 Å². The second-order valence-corrected chi connectivity index (χ2v) is 4.86. The van der Waals surface area contributed by atoms with Crippen molar-refractivity contribution in [2.24, 2.45) is 5.16 Å². The van der Waals surface area contributed by atoms with Crippen molar-refractivity contribution in [2.75, 3.05) is 11.9 Å². The van der Waals surface area contributed by atoms with Crippen molar-refractivity contribution in [3.8, 4) is 0 Å². The standard InChI is InChI=1S/C13H16FN3O2/c1-9-7-13(2,19-17-9)8-15-12(18)16-11-5-3-10(14)4-6-11/h3-6H,7-8H2,1-2H3,(H2,15,16,18). The molecule has 0 saturated carbocycles. The van der Waals surface area contributed by atoms with E-state index in [0.717, 1.165) is 5.71 Å². The number of carbonyl (C=O) groups is 1. The van der Waals surface area contributed by atoms with Crippen LogP contribution in [0.5, 0.6) is 0 Å². The van der Waals surface area contributed by atoms with E-state index < -0.39 is 5.60 Å². The normalized spacial score (nSPS) is 21.5. The summed E-state index contributed by atoms with van der Waals surface area (Å²) in [7, 11) is 0. The highest BCUT2D eigenvalue weighted by atomic mass is 19.1. The number of nitrogens with zero attached hydrogens (tertiary/aromatic N) is 1. The zero-order valence-corrected chi connectivity index (χ0v) is 10.9. The number of amides is 2. The summed E-state index contributed by atoms with van der Waals surface area (Å²) < 4.78 is 12.7. The molecule has 19 heavy (non-hydrogen) atoms. The summed E-state index contributed by atoms with van der Waals surface area (Å²) in [6.45, 7) is 4.11. The number of anilines is 1. The van der Waals surface area contributed by atoms with Crippen molar-refractivity contribution in [1.82, 2.24) is 5.32 Å². The average molecular weight is 265 g/mol. The minimum absolute atomic E-state index is 0.342. The first-order valence-corrected chi connectivity index (χ1v) is 5.99.